The summed E-state index contributed by atoms with van der Waals surface area (Å²) in [5.41, 5.74) is 0.647. The van der Waals surface area contributed by atoms with E-state index in [-0.39, 0.29) is 35.0 Å². The molecular formula is C18H24ClN5O4S. The molecule has 0 aliphatic carbocycles. The van der Waals surface area contributed by atoms with Crippen molar-refractivity contribution in [2.45, 2.75) is 39.3 Å². The van der Waals surface area contributed by atoms with Gasteiger partial charge in [0, 0.05) is 19.7 Å². The molecule has 2 N–H and O–H groups in total. The molecule has 0 bridgehead atoms. The lowest BCUT2D eigenvalue weighted by molar-refractivity contribution is 0.0271. The second-order valence-electron chi connectivity index (χ2n) is 6.54. The molecule has 1 saturated heterocycles. The van der Waals surface area contributed by atoms with Crippen LogP contribution < -0.4 is 10.2 Å². The highest BCUT2D eigenvalue weighted by molar-refractivity contribution is 7.17. The summed E-state index contributed by atoms with van der Waals surface area (Å²) in [5, 5.41) is 4.01. The Bertz CT molecular complexity index is 851. The summed E-state index contributed by atoms with van der Waals surface area (Å²) in [5.74, 6) is -0.502. The van der Waals surface area contributed by atoms with Crippen LogP contribution in [-0.2, 0) is 9.47 Å². The SMILES string of the molecule is CCOC(=O)c1cnc(N2CC[C@H](NC(=O)c3nc(Cl)c(C)[nH]3)[C@H](OCC)C2)s1. The average molecular weight is 442 g/mol. The molecule has 1 fully saturated rings. The van der Waals surface area contributed by atoms with Crippen LogP contribution in [0.5, 0.6) is 0 Å². The lowest BCUT2D eigenvalue weighted by Gasteiger charge is -2.38. The minimum atomic E-state index is -0.368. The molecule has 1 aliphatic heterocycles. The molecule has 1 amide bonds. The molecule has 3 heterocycles. The third-order valence-electron chi connectivity index (χ3n) is 4.54. The number of carbonyl (C=O) groups is 2. The molecule has 29 heavy (non-hydrogen) atoms. The standard InChI is InChI=1S/C18H24ClN5O4S/c1-4-27-12-9-24(18-20-8-13(29-18)17(26)28-5-2)7-6-11(12)22-16(25)15-21-10(3)14(19)23-15/h8,11-12H,4-7,9H2,1-3H3,(H,21,23)(H,22,25)/t11-,12+/m0/s1. The number of nitrogens with zero attached hydrogens (tertiary/aromatic N) is 3. The molecule has 2 atom stereocenters. The van der Waals surface area contributed by atoms with Crippen molar-refractivity contribution in [2.24, 2.45) is 0 Å². The third kappa shape index (κ3) is 5.06. The average Bonchev–Trinajstić information content (AvgIpc) is 3.31. The smallest absolute Gasteiger partial charge is 0.350 e. The van der Waals surface area contributed by atoms with Gasteiger partial charge in [-0.05, 0) is 27.2 Å². The number of anilines is 1. The normalized spacial score (nSPS) is 19.2. The number of hydrogen-bond donors (Lipinski definition) is 2. The van der Waals surface area contributed by atoms with Crippen molar-refractivity contribution in [3.05, 3.63) is 27.7 Å². The van der Waals surface area contributed by atoms with Crippen molar-refractivity contribution in [3.8, 4) is 0 Å². The van der Waals surface area contributed by atoms with Gasteiger partial charge in [-0.25, -0.2) is 14.8 Å². The van der Waals surface area contributed by atoms with Gasteiger partial charge in [0.2, 0.25) is 0 Å². The Balaban J connectivity index is 1.66. The van der Waals surface area contributed by atoms with Gasteiger partial charge >= 0.3 is 5.97 Å². The first kappa shape index (κ1) is 21.5. The minimum Gasteiger partial charge on any atom is -0.462 e. The van der Waals surface area contributed by atoms with E-state index in [9.17, 15) is 9.59 Å². The summed E-state index contributed by atoms with van der Waals surface area (Å²) in [6, 6.07) is -0.174. The molecule has 2 aromatic rings. The van der Waals surface area contributed by atoms with Crippen molar-refractivity contribution in [3.63, 3.8) is 0 Å². The highest BCUT2D eigenvalue weighted by Crippen LogP contribution is 2.27. The van der Waals surface area contributed by atoms with Gasteiger partial charge in [-0.15, -0.1) is 0 Å². The summed E-state index contributed by atoms with van der Waals surface area (Å²) in [7, 11) is 0. The zero-order chi connectivity index (χ0) is 21.0. The van der Waals surface area contributed by atoms with Crippen LogP contribution in [0.3, 0.4) is 0 Å². The number of nitrogens with one attached hydrogen (secondary N) is 2. The number of aromatic amines is 1. The van der Waals surface area contributed by atoms with Crippen LogP contribution in [0.1, 0.15) is 46.3 Å². The van der Waals surface area contributed by atoms with E-state index < -0.39 is 0 Å². The molecule has 0 spiro atoms. The van der Waals surface area contributed by atoms with Gasteiger partial charge in [-0.1, -0.05) is 22.9 Å². The Morgan fingerprint density at radius 1 is 1.41 bits per heavy atom. The number of aryl methyl sites for hydroxylation is 1. The number of carbonyl (C=O) groups excluding carboxylic acids is 2. The lowest BCUT2D eigenvalue weighted by atomic mass is 10.0. The first-order valence-electron chi connectivity index (χ1n) is 9.45. The molecule has 9 nitrogen and oxygen atoms in total. The summed E-state index contributed by atoms with van der Waals surface area (Å²) < 4.78 is 10.9. The number of imidazole rings is 1. The topological polar surface area (TPSA) is 109 Å². The largest absolute Gasteiger partial charge is 0.462 e. The zero-order valence-corrected chi connectivity index (χ0v) is 18.1. The maximum atomic E-state index is 12.5. The Morgan fingerprint density at radius 3 is 2.86 bits per heavy atom. The van der Waals surface area contributed by atoms with Gasteiger partial charge in [0.05, 0.1) is 30.6 Å². The highest BCUT2D eigenvalue weighted by atomic mass is 35.5. The van der Waals surface area contributed by atoms with E-state index >= 15 is 0 Å². The van der Waals surface area contributed by atoms with E-state index in [1.807, 2.05) is 6.92 Å². The van der Waals surface area contributed by atoms with Crippen LogP contribution in [-0.4, -0.2) is 65.3 Å². The number of amides is 1. The number of H-pyrrole nitrogens is 1. The van der Waals surface area contributed by atoms with E-state index in [0.717, 1.165) is 5.13 Å². The minimum absolute atomic E-state index is 0.174. The Kier molecular flexibility index (Phi) is 7.09. The first-order chi connectivity index (χ1) is 13.9. The van der Waals surface area contributed by atoms with Crippen LogP contribution in [0.25, 0.3) is 0 Å². The van der Waals surface area contributed by atoms with Crippen LogP contribution in [0.15, 0.2) is 6.20 Å². The predicted octanol–water partition coefficient (Wildman–Crippen LogP) is 2.42. The van der Waals surface area contributed by atoms with E-state index in [0.29, 0.717) is 43.3 Å². The van der Waals surface area contributed by atoms with Gasteiger partial charge in [0.25, 0.3) is 5.91 Å². The fourth-order valence-electron chi connectivity index (χ4n) is 3.13. The van der Waals surface area contributed by atoms with Gasteiger partial charge in [0.15, 0.2) is 16.1 Å². The molecular weight excluding hydrogens is 418 g/mol. The first-order valence-corrected chi connectivity index (χ1v) is 10.6. The molecule has 158 valence electrons. The van der Waals surface area contributed by atoms with Gasteiger partial charge in [0.1, 0.15) is 4.88 Å². The number of piperidine rings is 1. The fourth-order valence-corrected chi connectivity index (χ4v) is 4.11. The molecule has 0 aromatic carbocycles. The number of halogens is 1. The summed E-state index contributed by atoms with van der Waals surface area (Å²) in [6.07, 6.45) is 1.97. The lowest BCUT2D eigenvalue weighted by Crippen LogP contribution is -2.55. The van der Waals surface area contributed by atoms with Crippen molar-refractivity contribution >= 4 is 39.9 Å². The molecule has 3 rings (SSSR count). The second kappa shape index (κ2) is 9.55. The van der Waals surface area contributed by atoms with E-state index in [2.05, 4.69) is 25.2 Å². The molecule has 0 radical (unpaired) electrons. The monoisotopic (exact) mass is 441 g/mol. The number of esters is 1. The zero-order valence-electron chi connectivity index (χ0n) is 16.5. The number of ether oxygens (including phenoxy) is 2. The van der Waals surface area contributed by atoms with Crippen molar-refractivity contribution in [1.29, 1.82) is 0 Å². The Morgan fingerprint density at radius 2 is 2.21 bits per heavy atom. The van der Waals surface area contributed by atoms with Crippen molar-refractivity contribution < 1.29 is 19.1 Å². The summed E-state index contributed by atoms with van der Waals surface area (Å²) >= 11 is 7.22. The maximum Gasteiger partial charge on any atom is 0.350 e. The third-order valence-corrected chi connectivity index (χ3v) is 5.94. The van der Waals surface area contributed by atoms with E-state index in [4.69, 9.17) is 21.1 Å². The van der Waals surface area contributed by atoms with E-state index in [1.54, 1.807) is 13.8 Å². The molecule has 1 aliphatic rings. The van der Waals surface area contributed by atoms with Crippen LogP contribution in [0.2, 0.25) is 5.15 Å². The molecule has 0 saturated carbocycles. The summed E-state index contributed by atoms with van der Waals surface area (Å²) in [4.78, 5) is 38.2. The van der Waals surface area contributed by atoms with E-state index in [1.165, 1.54) is 17.5 Å². The number of rotatable bonds is 7. The second-order valence-corrected chi connectivity index (χ2v) is 7.90. The summed E-state index contributed by atoms with van der Waals surface area (Å²) in [6.45, 7) is 7.49. The Hall–Kier alpha value is -2.17. The Labute approximate surface area is 177 Å². The number of aromatic nitrogens is 3. The van der Waals surface area contributed by atoms with Crippen molar-refractivity contribution in [1.82, 2.24) is 20.3 Å². The molecule has 0 unspecified atom stereocenters. The fraction of sp³-hybridized carbons (Fsp3) is 0.556. The number of hydrogen-bond acceptors (Lipinski definition) is 8. The quantitative estimate of drug-likeness (QED) is 0.635. The molecule has 11 heteroatoms. The molecule has 2 aromatic heterocycles. The van der Waals surface area contributed by atoms with Gasteiger partial charge in [-0.3, -0.25) is 4.79 Å². The van der Waals surface area contributed by atoms with Crippen LogP contribution >= 0.6 is 22.9 Å². The highest BCUT2D eigenvalue weighted by Gasteiger charge is 2.33. The number of thiazole rings is 1. The van der Waals surface area contributed by atoms with Crippen molar-refractivity contribution in [2.75, 3.05) is 31.2 Å². The van der Waals surface area contributed by atoms with Crippen LogP contribution in [0.4, 0.5) is 5.13 Å². The van der Waals surface area contributed by atoms with Crippen LogP contribution in [0, 0.1) is 6.92 Å². The maximum absolute atomic E-state index is 12.5. The van der Waals surface area contributed by atoms with Gasteiger partial charge < -0.3 is 24.7 Å². The van der Waals surface area contributed by atoms with Gasteiger partial charge in [-0.2, -0.15) is 0 Å². The predicted molar refractivity (Wildman–Crippen MR) is 110 cm³/mol.